The number of aromatic amines is 1. The Hall–Kier alpha value is -2.42. The third-order valence-electron chi connectivity index (χ3n) is 3.31. The fourth-order valence-corrected chi connectivity index (χ4v) is 2.40. The van der Waals surface area contributed by atoms with Crippen molar-refractivity contribution in [2.24, 2.45) is 0 Å². The van der Waals surface area contributed by atoms with Crippen molar-refractivity contribution in [2.45, 2.75) is 13.5 Å². The molecular formula is C16H17N3. The molecule has 1 aromatic heterocycles. The first-order valence-electron chi connectivity index (χ1n) is 6.39. The van der Waals surface area contributed by atoms with Gasteiger partial charge in [-0.3, -0.25) is 0 Å². The number of aryl methyl sites for hydroxylation is 1. The molecule has 2 aromatic carbocycles. The summed E-state index contributed by atoms with van der Waals surface area (Å²) in [6, 6.07) is 16.3. The molecule has 96 valence electrons. The monoisotopic (exact) mass is 251 g/mol. The van der Waals surface area contributed by atoms with E-state index in [0.717, 1.165) is 29.1 Å². The van der Waals surface area contributed by atoms with Crippen LogP contribution in [0, 0.1) is 6.92 Å². The quantitative estimate of drug-likeness (QED) is 0.622. The highest BCUT2D eigenvalue weighted by atomic mass is 14.9. The maximum atomic E-state index is 5.79. The van der Waals surface area contributed by atoms with Crippen LogP contribution in [0.25, 0.3) is 10.9 Å². The zero-order valence-corrected chi connectivity index (χ0v) is 10.9. The predicted octanol–water partition coefficient (Wildman–Crippen LogP) is 3.67. The van der Waals surface area contributed by atoms with Crippen LogP contribution in [0.3, 0.4) is 0 Å². The summed E-state index contributed by atoms with van der Waals surface area (Å²) in [4.78, 5) is 3.39. The van der Waals surface area contributed by atoms with E-state index in [4.69, 9.17) is 5.73 Å². The molecule has 0 unspecified atom stereocenters. The van der Waals surface area contributed by atoms with Crippen molar-refractivity contribution in [3.63, 3.8) is 0 Å². The van der Waals surface area contributed by atoms with Gasteiger partial charge < -0.3 is 16.0 Å². The number of nitrogens with one attached hydrogen (secondary N) is 2. The number of benzene rings is 2. The zero-order chi connectivity index (χ0) is 13.2. The van der Waals surface area contributed by atoms with Gasteiger partial charge in [-0.05, 0) is 30.7 Å². The minimum Gasteiger partial charge on any atom is -0.399 e. The van der Waals surface area contributed by atoms with Gasteiger partial charge in [-0.25, -0.2) is 0 Å². The maximum absolute atomic E-state index is 5.79. The molecule has 0 bridgehead atoms. The van der Waals surface area contributed by atoms with Gasteiger partial charge in [0, 0.05) is 28.8 Å². The van der Waals surface area contributed by atoms with E-state index in [1.54, 1.807) is 0 Å². The van der Waals surface area contributed by atoms with E-state index in [2.05, 4.69) is 41.5 Å². The number of hydrogen-bond donors (Lipinski definition) is 3. The number of nitrogens with two attached hydrogens (primary N) is 1. The Kier molecular flexibility index (Phi) is 2.88. The molecule has 0 saturated heterocycles. The molecule has 0 radical (unpaired) electrons. The average molecular weight is 251 g/mol. The Bertz CT molecular complexity index is 713. The van der Waals surface area contributed by atoms with Crippen LogP contribution in [0.1, 0.15) is 11.3 Å². The molecule has 3 heteroatoms. The summed E-state index contributed by atoms with van der Waals surface area (Å²) in [5, 5.41) is 4.72. The molecule has 19 heavy (non-hydrogen) atoms. The topological polar surface area (TPSA) is 53.8 Å². The third kappa shape index (κ3) is 2.27. The number of nitrogen functional groups attached to an aromatic ring is 1. The predicted molar refractivity (Wildman–Crippen MR) is 81.2 cm³/mol. The molecule has 0 fully saturated rings. The standard InChI is InChI=1S/C16H17N3/c1-11-16(14-7-2-3-8-15(14)19-11)18-10-12-5-4-6-13(17)9-12/h2-9,18-19H,10,17H2,1H3. The Morgan fingerprint density at radius 3 is 2.79 bits per heavy atom. The van der Waals surface area contributed by atoms with Crippen LogP contribution >= 0.6 is 0 Å². The highest BCUT2D eigenvalue weighted by molar-refractivity contribution is 5.94. The van der Waals surface area contributed by atoms with Crippen LogP contribution in [-0.2, 0) is 6.54 Å². The fraction of sp³-hybridized carbons (Fsp3) is 0.125. The van der Waals surface area contributed by atoms with E-state index in [-0.39, 0.29) is 0 Å². The molecule has 4 N–H and O–H groups in total. The molecule has 3 rings (SSSR count). The second-order valence-corrected chi connectivity index (χ2v) is 4.77. The molecule has 0 saturated carbocycles. The van der Waals surface area contributed by atoms with E-state index >= 15 is 0 Å². The fourth-order valence-electron chi connectivity index (χ4n) is 2.40. The summed E-state index contributed by atoms with van der Waals surface area (Å²) in [5.74, 6) is 0. The number of fused-ring (bicyclic) bond motifs is 1. The molecular weight excluding hydrogens is 234 g/mol. The molecule has 0 aliphatic carbocycles. The van der Waals surface area contributed by atoms with Gasteiger partial charge in [-0.2, -0.15) is 0 Å². The van der Waals surface area contributed by atoms with Crippen LogP contribution in [0.15, 0.2) is 48.5 Å². The lowest BCUT2D eigenvalue weighted by Gasteiger charge is -2.07. The zero-order valence-electron chi connectivity index (χ0n) is 10.9. The van der Waals surface area contributed by atoms with Gasteiger partial charge in [-0.1, -0.05) is 30.3 Å². The van der Waals surface area contributed by atoms with Crippen molar-refractivity contribution in [3.05, 3.63) is 59.8 Å². The molecule has 0 aliphatic rings. The number of hydrogen-bond acceptors (Lipinski definition) is 2. The van der Waals surface area contributed by atoms with Crippen molar-refractivity contribution in [1.29, 1.82) is 0 Å². The van der Waals surface area contributed by atoms with Crippen LogP contribution in [0.4, 0.5) is 11.4 Å². The van der Waals surface area contributed by atoms with Gasteiger partial charge >= 0.3 is 0 Å². The average Bonchev–Trinajstić information content (AvgIpc) is 2.72. The van der Waals surface area contributed by atoms with Crippen LogP contribution in [-0.4, -0.2) is 4.98 Å². The van der Waals surface area contributed by atoms with Gasteiger partial charge in [0.25, 0.3) is 0 Å². The summed E-state index contributed by atoms with van der Waals surface area (Å²) in [6.45, 7) is 2.86. The second kappa shape index (κ2) is 4.69. The minimum atomic E-state index is 0.772. The Labute approximate surface area is 112 Å². The van der Waals surface area contributed by atoms with Crippen molar-refractivity contribution in [2.75, 3.05) is 11.1 Å². The summed E-state index contributed by atoms with van der Waals surface area (Å²) in [5.41, 5.74) is 11.3. The van der Waals surface area contributed by atoms with Crippen molar-refractivity contribution >= 4 is 22.3 Å². The smallest absolute Gasteiger partial charge is 0.0630 e. The van der Waals surface area contributed by atoms with Crippen LogP contribution in [0.2, 0.25) is 0 Å². The third-order valence-corrected chi connectivity index (χ3v) is 3.31. The van der Waals surface area contributed by atoms with Gasteiger partial charge in [0.15, 0.2) is 0 Å². The SMILES string of the molecule is Cc1[nH]c2ccccc2c1NCc1cccc(N)c1. The Balaban J connectivity index is 1.87. The number of H-pyrrole nitrogens is 1. The van der Waals surface area contributed by atoms with Crippen molar-refractivity contribution < 1.29 is 0 Å². The second-order valence-electron chi connectivity index (χ2n) is 4.77. The molecule has 0 amide bonds. The Morgan fingerprint density at radius 2 is 1.95 bits per heavy atom. The molecule has 0 atom stereocenters. The van der Waals surface area contributed by atoms with E-state index < -0.39 is 0 Å². The molecule has 3 aromatic rings. The van der Waals surface area contributed by atoms with Gasteiger partial charge in [0.1, 0.15) is 0 Å². The highest BCUT2D eigenvalue weighted by Gasteiger charge is 2.06. The summed E-state index contributed by atoms with van der Waals surface area (Å²) >= 11 is 0. The summed E-state index contributed by atoms with van der Waals surface area (Å²) < 4.78 is 0. The van der Waals surface area contributed by atoms with E-state index in [1.165, 1.54) is 10.9 Å². The summed E-state index contributed by atoms with van der Waals surface area (Å²) in [7, 11) is 0. The molecule has 0 aliphatic heterocycles. The molecule has 3 nitrogen and oxygen atoms in total. The van der Waals surface area contributed by atoms with E-state index in [0.29, 0.717) is 0 Å². The van der Waals surface area contributed by atoms with Gasteiger partial charge in [0.05, 0.1) is 5.69 Å². The number of para-hydroxylation sites is 1. The number of anilines is 2. The normalized spacial score (nSPS) is 10.8. The first kappa shape index (κ1) is 11.7. The first-order chi connectivity index (χ1) is 9.24. The van der Waals surface area contributed by atoms with E-state index in [1.807, 2.05) is 24.3 Å². The molecule has 0 spiro atoms. The first-order valence-corrected chi connectivity index (χ1v) is 6.39. The van der Waals surface area contributed by atoms with Crippen molar-refractivity contribution in [1.82, 2.24) is 4.98 Å². The van der Waals surface area contributed by atoms with E-state index in [9.17, 15) is 0 Å². The largest absolute Gasteiger partial charge is 0.399 e. The lowest BCUT2D eigenvalue weighted by molar-refractivity contribution is 1.14. The van der Waals surface area contributed by atoms with Gasteiger partial charge in [-0.15, -0.1) is 0 Å². The van der Waals surface area contributed by atoms with Crippen LogP contribution in [0.5, 0.6) is 0 Å². The van der Waals surface area contributed by atoms with Crippen LogP contribution < -0.4 is 11.1 Å². The number of aromatic nitrogens is 1. The summed E-state index contributed by atoms with van der Waals surface area (Å²) in [6.07, 6.45) is 0. The minimum absolute atomic E-state index is 0.772. The lowest BCUT2D eigenvalue weighted by Crippen LogP contribution is -2.00. The van der Waals surface area contributed by atoms with Crippen molar-refractivity contribution in [3.8, 4) is 0 Å². The number of rotatable bonds is 3. The molecule has 1 heterocycles. The maximum Gasteiger partial charge on any atom is 0.0630 e. The Morgan fingerprint density at radius 1 is 1.11 bits per heavy atom. The highest BCUT2D eigenvalue weighted by Crippen LogP contribution is 2.27. The van der Waals surface area contributed by atoms with Gasteiger partial charge in [0.2, 0.25) is 0 Å². The lowest BCUT2D eigenvalue weighted by atomic mass is 10.2.